The van der Waals surface area contributed by atoms with Crippen LogP contribution in [0.5, 0.6) is 0 Å². The predicted molar refractivity (Wildman–Crippen MR) is 40.3 cm³/mol. The fourth-order valence-corrected chi connectivity index (χ4v) is 1.05. The Kier molecular flexibility index (Phi) is 2.49. The Morgan fingerprint density at radius 3 is 2.73 bits per heavy atom. The van der Waals surface area contributed by atoms with E-state index < -0.39 is 5.97 Å². The summed E-state index contributed by atoms with van der Waals surface area (Å²) in [5.41, 5.74) is 0. The molecule has 1 fully saturated rings. The number of carboxylic acid groups (broad SMARTS) is 1. The molecular formula is C8H14O3. The lowest BCUT2D eigenvalue weighted by atomic mass is 10.3. The zero-order valence-corrected chi connectivity index (χ0v) is 6.91. The van der Waals surface area contributed by atoms with Crippen molar-refractivity contribution in [3.63, 3.8) is 0 Å². The highest BCUT2D eigenvalue weighted by Crippen LogP contribution is 2.38. The van der Waals surface area contributed by atoms with Crippen molar-refractivity contribution in [3.05, 3.63) is 0 Å². The Morgan fingerprint density at radius 1 is 1.73 bits per heavy atom. The lowest BCUT2D eigenvalue weighted by Gasteiger charge is -2.05. The van der Waals surface area contributed by atoms with Crippen LogP contribution in [0, 0.1) is 11.8 Å². The van der Waals surface area contributed by atoms with Gasteiger partial charge in [-0.15, -0.1) is 0 Å². The number of carbonyl (C=O) groups is 1. The standard InChI is InChI=1S/C8H14O3/c1-5(2)11-4-6-3-7(6)8(9)10/h5-7H,3-4H2,1-2H3,(H,9,10)/t6-,7-/m0/s1. The van der Waals surface area contributed by atoms with Gasteiger partial charge in [0, 0.05) is 0 Å². The van der Waals surface area contributed by atoms with Gasteiger partial charge in [-0.3, -0.25) is 4.79 Å². The van der Waals surface area contributed by atoms with Gasteiger partial charge >= 0.3 is 5.97 Å². The molecule has 1 saturated carbocycles. The van der Waals surface area contributed by atoms with Crippen LogP contribution in [0.15, 0.2) is 0 Å². The van der Waals surface area contributed by atoms with Crippen molar-refractivity contribution >= 4 is 5.97 Å². The van der Waals surface area contributed by atoms with E-state index in [0.29, 0.717) is 6.61 Å². The second kappa shape index (κ2) is 3.22. The summed E-state index contributed by atoms with van der Waals surface area (Å²) in [7, 11) is 0. The molecule has 0 heterocycles. The van der Waals surface area contributed by atoms with Crippen molar-refractivity contribution in [2.75, 3.05) is 6.61 Å². The van der Waals surface area contributed by atoms with Crippen LogP contribution in [0.2, 0.25) is 0 Å². The molecule has 11 heavy (non-hydrogen) atoms. The van der Waals surface area contributed by atoms with Gasteiger partial charge in [0.05, 0.1) is 18.6 Å². The normalized spacial score (nSPS) is 29.0. The molecule has 0 saturated heterocycles. The first-order valence-electron chi connectivity index (χ1n) is 3.95. The van der Waals surface area contributed by atoms with Crippen molar-refractivity contribution < 1.29 is 14.6 Å². The summed E-state index contributed by atoms with van der Waals surface area (Å²) in [5, 5.41) is 8.53. The summed E-state index contributed by atoms with van der Waals surface area (Å²) in [6, 6.07) is 0. The minimum Gasteiger partial charge on any atom is -0.481 e. The Morgan fingerprint density at radius 2 is 2.36 bits per heavy atom. The monoisotopic (exact) mass is 158 g/mol. The van der Waals surface area contributed by atoms with E-state index in [-0.39, 0.29) is 17.9 Å². The maximum Gasteiger partial charge on any atom is 0.306 e. The molecule has 64 valence electrons. The average Bonchev–Trinajstić information content (AvgIpc) is 2.61. The van der Waals surface area contributed by atoms with Gasteiger partial charge in [0.2, 0.25) is 0 Å². The molecule has 0 aromatic carbocycles. The molecule has 0 amide bonds. The second-order valence-corrected chi connectivity index (χ2v) is 3.32. The smallest absolute Gasteiger partial charge is 0.306 e. The molecule has 1 aliphatic rings. The molecule has 3 heteroatoms. The molecule has 2 atom stereocenters. The molecule has 1 rings (SSSR count). The third kappa shape index (κ3) is 2.50. The summed E-state index contributed by atoms with van der Waals surface area (Å²) in [4.78, 5) is 10.4. The van der Waals surface area contributed by atoms with Crippen LogP contribution in [0.4, 0.5) is 0 Å². The van der Waals surface area contributed by atoms with Gasteiger partial charge in [0.1, 0.15) is 0 Å². The second-order valence-electron chi connectivity index (χ2n) is 3.32. The summed E-state index contributed by atoms with van der Waals surface area (Å²) >= 11 is 0. The minimum absolute atomic E-state index is 0.131. The van der Waals surface area contributed by atoms with Crippen molar-refractivity contribution in [1.82, 2.24) is 0 Å². The van der Waals surface area contributed by atoms with Gasteiger partial charge in [0.25, 0.3) is 0 Å². The van der Waals surface area contributed by atoms with Crippen molar-refractivity contribution in [1.29, 1.82) is 0 Å². The Balaban J connectivity index is 2.09. The van der Waals surface area contributed by atoms with E-state index in [1.165, 1.54) is 0 Å². The first kappa shape index (κ1) is 8.53. The Hall–Kier alpha value is -0.570. The number of carboxylic acids is 1. The number of hydrogen-bond donors (Lipinski definition) is 1. The van der Waals surface area contributed by atoms with Crippen LogP contribution in [0.25, 0.3) is 0 Å². The fourth-order valence-electron chi connectivity index (χ4n) is 1.05. The maximum absolute atomic E-state index is 10.4. The fraction of sp³-hybridized carbons (Fsp3) is 0.875. The van der Waals surface area contributed by atoms with Gasteiger partial charge in [0.15, 0.2) is 0 Å². The molecular weight excluding hydrogens is 144 g/mol. The van der Waals surface area contributed by atoms with E-state index in [1.807, 2.05) is 13.8 Å². The summed E-state index contributed by atoms with van der Waals surface area (Å²) < 4.78 is 5.28. The van der Waals surface area contributed by atoms with Crippen LogP contribution in [0.3, 0.4) is 0 Å². The van der Waals surface area contributed by atoms with Gasteiger partial charge in [-0.25, -0.2) is 0 Å². The largest absolute Gasteiger partial charge is 0.481 e. The third-order valence-electron chi connectivity index (χ3n) is 1.88. The summed E-state index contributed by atoms with van der Waals surface area (Å²) in [5.74, 6) is -0.536. The molecule has 3 nitrogen and oxygen atoms in total. The van der Waals surface area contributed by atoms with Gasteiger partial charge in [-0.05, 0) is 26.2 Å². The quantitative estimate of drug-likeness (QED) is 0.667. The SMILES string of the molecule is CC(C)OC[C@@H]1C[C@@H]1C(=O)O. The molecule has 0 unspecified atom stereocenters. The van der Waals surface area contributed by atoms with E-state index in [2.05, 4.69) is 0 Å². The first-order chi connectivity index (χ1) is 5.11. The van der Waals surface area contributed by atoms with Crippen molar-refractivity contribution in [3.8, 4) is 0 Å². The highest BCUT2D eigenvalue weighted by atomic mass is 16.5. The van der Waals surface area contributed by atoms with Crippen LogP contribution in [0.1, 0.15) is 20.3 Å². The lowest BCUT2D eigenvalue weighted by Crippen LogP contribution is -2.08. The predicted octanol–water partition coefficient (Wildman–Crippen LogP) is 1.13. The van der Waals surface area contributed by atoms with Crippen molar-refractivity contribution in [2.24, 2.45) is 11.8 Å². The topological polar surface area (TPSA) is 46.5 Å². The zero-order valence-electron chi connectivity index (χ0n) is 6.91. The van der Waals surface area contributed by atoms with Crippen LogP contribution in [-0.2, 0) is 9.53 Å². The molecule has 0 aromatic rings. The van der Waals surface area contributed by atoms with Crippen LogP contribution in [-0.4, -0.2) is 23.8 Å². The van der Waals surface area contributed by atoms with Gasteiger partial charge in [-0.2, -0.15) is 0 Å². The molecule has 1 aliphatic carbocycles. The maximum atomic E-state index is 10.4. The van der Waals surface area contributed by atoms with Crippen LogP contribution >= 0.6 is 0 Å². The van der Waals surface area contributed by atoms with E-state index in [0.717, 1.165) is 6.42 Å². The van der Waals surface area contributed by atoms with E-state index >= 15 is 0 Å². The molecule has 0 bridgehead atoms. The molecule has 0 radical (unpaired) electrons. The summed E-state index contributed by atoms with van der Waals surface area (Å²) in [6.07, 6.45) is 1.01. The van der Waals surface area contributed by atoms with Crippen LogP contribution < -0.4 is 0 Å². The molecule has 0 aromatic heterocycles. The number of hydrogen-bond acceptors (Lipinski definition) is 2. The molecule has 0 spiro atoms. The minimum atomic E-state index is -0.678. The van der Waals surface area contributed by atoms with E-state index in [1.54, 1.807) is 0 Å². The van der Waals surface area contributed by atoms with E-state index in [4.69, 9.17) is 9.84 Å². The first-order valence-corrected chi connectivity index (χ1v) is 3.95. The van der Waals surface area contributed by atoms with Gasteiger partial charge in [-0.1, -0.05) is 0 Å². The lowest BCUT2D eigenvalue weighted by molar-refractivity contribution is -0.139. The highest BCUT2D eigenvalue weighted by Gasteiger charge is 2.43. The average molecular weight is 158 g/mol. The molecule has 0 aliphatic heterocycles. The van der Waals surface area contributed by atoms with Gasteiger partial charge < -0.3 is 9.84 Å². The number of aliphatic carboxylic acids is 1. The van der Waals surface area contributed by atoms with E-state index in [9.17, 15) is 4.79 Å². The third-order valence-corrected chi connectivity index (χ3v) is 1.88. The Bertz CT molecular complexity index is 153. The van der Waals surface area contributed by atoms with Crippen molar-refractivity contribution in [2.45, 2.75) is 26.4 Å². The zero-order chi connectivity index (χ0) is 8.43. The number of rotatable bonds is 4. The number of ether oxygens (including phenoxy) is 1. The molecule has 1 N–H and O–H groups in total. The Labute approximate surface area is 66.4 Å². The highest BCUT2D eigenvalue weighted by molar-refractivity contribution is 5.73. The summed E-state index contributed by atoms with van der Waals surface area (Å²) in [6.45, 7) is 4.52.